The lowest BCUT2D eigenvalue weighted by atomic mass is 10.1. The molecule has 24 heavy (non-hydrogen) atoms. The van der Waals surface area contributed by atoms with Gasteiger partial charge in [0.1, 0.15) is 0 Å². The third-order valence-corrected chi connectivity index (χ3v) is 6.59. The molecule has 126 valence electrons. The molecule has 3 nitrogen and oxygen atoms in total. The second-order valence-corrected chi connectivity index (χ2v) is 9.04. The van der Waals surface area contributed by atoms with Gasteiger partial charge in [-0.05, 0) is 66.4 Å². The molecular weight excluding hydrogens is 408 g/mol. The maximum absolute atomic E-state index is 12.1. The van der Waals surface area contributed by atoms with E-state index >= 15 is 0 Å². The van der Waals surface area contributed by atoms with Gasteiger partial charge in [-0.15, -0.1) is 11.3 Å². The van der Waals surface area contributed by atoms with Gasteiger partial charge in [-0.25, -0.2) is 0 Å². The first kappa shape index (κ1) is 17.6. The van der Waals surface area contributed by atoms with Gasteiger partial charge >= 0.3 is 0 Å². The summed E-state index contributed by atoms with van der Waals surface area (Å²) >= 11 is 5.20. The van der Waals surface area contributed by atoms with E-state index in [2.05, 4.69) is 33.4 Å². The Bertz CT molecular complexity index is 944. The summed E-state index contributed by atoms with van der Waals surface area (Å²) in [4.78, 5) is 0.206. The zero-order valence-corrected chi connectivity index (χ0v) is 16.4. The van der Waals surface area contributed by atoms with Gasteiger partial charge < -0.3 is 0 Å². The van der Waals surface area contributed by atoms with Crippen molar-refractivity contribution in [3.8, 4) is 0 Å². The molecule has 0 amide bonds. The van der Waals surface area contributed by atoms with E-state index in [0.29, 0.717) is 6.42 Å². The Balaban J connectivity index is 1.60. The Kier molecular flexibility index (Phi) is 5.39. The molecule has 1 aromatic heterocycles. The Morgan fingerprint density at radius 1 is 1.12 bits per heavy atom. The topological polar surface area (TPSA) is 43.4 Å². The minimum Gasteiger partial charge on any atom is -0.266 e. The Morgan fingerprint density at radius 3 is 2.62 bits per heavy atom. The Hall–Kier alpha value is -1.21. The summed E-state index contributed by atoms with van der Waals surface area (Å²) < 4.78 is 31.7. The first-order valence-corrected chi connectivity index (χ1v) is 10.7. The van der Waals surface area contributed by atoms with E-state index in [0.717, 1.165) is 16.5 Å². The number of hydrogen-bond donors (Lipinski definition) is 0. The zero-order valence-electron chi connectivity index (χ0n) is 13.2. The van der Waals surface area contributed by atoms with Crippen LogP contribution in [0.2, 0.25) is 0 Å². The van der Waals surface area contributed by atoms with Crippen molar-refractivity contribution in [3.63, 3.8) is 0 Å². The fourth-order valence-electron chi connectivity index (χ4n) is 2.45. The molecular formula is C18H17BrO3S2. The molecule has 0 N–H and O–H groups in total. The lowest BCUT2D eigenvalue weighted by Gasteiger charge is -2.06. The number of rotatable bonds is 6. The number of hydrogen-bond acceptors (Lipinski definition) is 4. The van der Waals surface area contributed by atoms with E-state index in [4.69, 9.17) is 4.18 Å². The number of benzene rings is 2. The fourth-order valence-corrected chi connectivity index (χ4v) is 4.73. The molecule has 0 aliphatic carbocycles. The minimum absolute atomic E-state index is 0.182. The SMILES string of the molecule is Cc1ccc(S(=O)(=O)OCCCc2csc3ccc(Br)cc23)cc1. The van der Waals surface area contributed by atoms with Crippen molar-refractivity contribution in [1.82, 2.24) is 0 Å². The summed E-state index contributed by atoms with van der Waals surface area (Å²) in [7, 11) is -3.67. The number of thiophene rings is 1. The van der Waals surface area contributed by atoms with Gasteiger partial charge in [-0.3, -0.25) is 4.18 Å². The highest BCUT2D eigenvalue weighted by Gasteiger charge is 2.14. The van der Waals surface area contributed by atoms with Crippen LogP contribution in [0.3, 0.4) is 0 Å². The molecule has 0 spiro atoms. The maximum Gasteiger partial charge on any atom is 0.296 e. The second-order valence-electron chi connectivity index (χ2n) is 5.59. The first-order chi connectivity index (χ1) is 11.5. The molecule has 0 atom stereocenters. The molecule has 0 saturated heterocycles. The van der Waals surface area contributed by atoms with Crippen LogP contribution in [0.4, 0.5) is 0 Å². The van der Waals surface area contributed by atoms with Crippen LogP contribution in [-0.4, -0.2) is 15.0 Å². The van der Waals surface area contributed by atoms with Crippen LogP contribution < -0.4 is 0 Å². The van der Waals surface area contributed by atoms with E-state index < -0.39 is 10.1 Å². The Morgan fingerprint density at radius 2 is 1.88 bits per heavy atom. The maximum atomic E-state index is 12.1. The van der Waals surface area contributed by atoms with Crippen molar-refractivity contribution < 1.29 is 12.6 Å². The molecule has 0 unspecified atom stereocenters. The molecule has 0 saturated carbocycles. The lowest BCUT2D eigenvalue weighted by molar-refractivity contribution is 0.312. The van der Waals surface area contributed by atoms with Crippen LogP contribution in [0.5, 0.6) is 0 Å². The molecule has 0 fully saturated rings. The van der Waals surface area contributed by atoms with Crippen molar-refractivity contribution >= 4 is 47.5 Å². The Labute approximate surface area is 154 Å². The fraction of sp³-hybridized carbons (Fsp3) is 0.222. The van der Waals surface area contributed by atoms with Crippen molar-refractivity contribution in [2.45, 2.75) is 24.7 Å². The number of fused-ring (bicyclic) bond motifs is 1. The first-order valence-electron chi connectivity index (χ1n) is 7.57. The summed E-state index contributed by atoms with van der Waals surface area (Å²) in [5.74, 6) is 0. The van der Waals surface area contributed by atoms with Crippen molar-refractivity contribution in [1.29, 1.82) is 0 Å². The molecule has 0 bridgehead atoms. The van der Waals surface area contributed by atoms with Gasteiger partial charge in [0.15, 0.2) is 0 Å². The summed E-state index contributed by atoms with van der Waals surface area (Å²) in [6, 6.07) is 12.9. The summed E-state index contributed by atoms with van der Waals surface area (Å²) in [6.07, 6.45) is 1.45. The van der Waals surface area contributed by atoms with E-state index in [1.54, 1.807) is 35.6 Å². The van der Waals surface area contributed by atoms with Crippen LogP contribution in [0.25, 0.3) is 10.1 Å². The number of aryl methyl sites for hydroxylation is 2. The van der Waals surface area contributed by atoms with Crippen LogP contribution >= 0.6 is 27.3 Å². The van der Waals surface area contributed by atoms with Crippen LogP contribution in [0.15, 0.2) is 57.2 Å². The quantitative estimate of drug-likeness (QED) is 0.397. The smallest absolute Gasteiger partial charge is 0.266 e. The van der Waals surface area contributed by atoms with Crippen LogP contribution in [0.1, 0.15) is 17.5 Å². The average Bonchev–Trinajstić information content (AvgIpc) is 2.94. The highest BCUT2D eigenvalue weighted by atomic mass is 79.9. The average molecular weight is 425 g/mol. The van der Waals surface area contributed by atoms with E-state index in [1.807, 2.05) is 13.0 Å². The molecule has 0 aliphatic heterocycles. The zero-order chi connectivity index (χ0) is 17.2. The summed E-state index contributed by atoms with van der Waals surface area (Å²) in [6.45, 7) is 2.10. The van der Waals surface area contributed by atoms with Crippen molar-refractivity contribution in [2.75, 3.05) is 6.61 Å². The molecule has 0 aliphatic rings. The monoisotopic (exact) mass is 424 g/mol. The van der Waals surface area contributed by atoms with E-state index in [1.165, 1.54) is 15.6 Å². The van der Waals surface area contributed by atoms with Crippen molar-refractivity contribution in [3.05, 3.63) is 63.4 Å². The third kappa shape index (κ3) is 4.06. The van der Waals surface area contributed by atoms with Crippen LogP contribution in [-0.2, 0) is 20.7 Å². The van der Waals surface area contributed by atoms with Gasteiger partial charge in [0.05, 0.1) is 11.5 Å². The molecule has 6 heteroatoms. The van der Waals surface area contributed by atoms with Gasteiger partial charge in [0.2, 0.25) is 0 Å². The van der Waals surface area contributed by atoms with Gasteiger partial charge in [0, 0.05) is 9.17 Å². The largest absolute Gasteiger partial charge is 0.296 e. The minimum atomic E-state index is -3.67. The third-order valence-electron chi connectivity index (χ3n) is 3.75. The number of halogens is 1. The van der Waals surface area contributed by atoms with Gasteiger partial charge in [-0.1, -0.05) is 33.6 Å². The molecule has 3 aromatic rings. The molecule has 0 radical (unpaired) electrons. The van der Waals surface area contributed by atoms with Gasteiger partial charge in [0.25, 0.3) is 10.1 Å². The standard InChI is InChI=1S/C18H17BrO3S2/c1-13-4-7-16(8-5-13)24(20,21)22-10-2-3-14-12-23-18-9-6-15(19)11-17(14)18/h4-9,11-12H,2-3,10H2,1H3. The molecule has 3 rings (SSSR count). The highest BCUT2D eigenvalue weighted by molar-refractivity contribution is 9.10. The predicted octanol–water partition coefficient (Wildman–Crippen LogP) is 5.31. The summed E-state index contributed by atoms with van der Waals surface area (Å²) in [5, 5.41) is 3.35. The second kappa shape index (κ2) is 7.35. The van der Waals surface area contributed by atoms with E-state index in [-0.39, 0.29) is 11.5 Å². The van der Waals surface area contributed by atoms with Crippen LogP contribution in [0, 0.1) is 6.92 Å². The summed E-state index contributed by atoms with van der Waals surface area (Å²) in [5.41, 5.74) is 2.25. The predicted molar refractivity (Wildman–Crippen MR) is 102 cm³/mol. The highest BCUT2D eigenvalue weighted by Crippen LogP contribution is 2.29. The lowest BCUT2D eigenvalue weighted by Crippen LogP contribution is -2.08. The van der Waals surface area contributed by atoms with Crippen molar-refractivity contribution in [2.24, 2.45) is 0 Å². The molecule has 1 heterocycles. The molecule has 2 aromatic carbocycles. The van der Waals surface area contributed by atoms with E-state index in [9.17, 15) is 8.42 Å². The normalized spacial score (nSPS) is 11.9. The van der Waals surface area contributed by atoms with Gasteiger partial charge in [-0.2, -0.15) is 8.42 Å².